The van der Waals surface area contributed by atoms with E-state index in [0.717, 1.165) is 18.5 Å². The Bertz CT molecular complexity index is 596. The van der Waals surface area contributed by atoms with Crippen LogP contribution < -0.4 is 0 Å². The standard InChI is InChI=1S/C14H16N4O2/c19-10-12-7-4-8-17(12)14(20)13-9-15-18(16-13)11-5-2-1-3-6-11/h1-3,5-6,9,12,19H,4,7-8,10H2/t12-/m0/s1. The monoisotopic (exact) mass is 272 g/mol. The minimum Gasteiger partial charge on any atom is -0.394 e. The van der Waals surface area contributed by atoms with Crippen LogP contribution in [0.2, 0.25) is 0 Å². The van der Waals surface area contributed by atoms with Crippen molar-refractivity contribution < 1.29 is 9.90 Å². The molecule has 0 unspecified atom stereocenters. The Morgan fingerprint density at radius 2 is 2.15 bits per heavy atom. The Morgan fingerprint density at radius 3 is 2.90 bits per heavy atom. The lowest BCUT2D eigenvalue weighted by atomic mass is 10.2. The fourth-order valence-corrected chi connectivity index (χ4v) is 2.49. The van der Waals surface area contributed by atoms with Crippen molar-refractivity contribution in [2.24, 2.45) is 0 Å². The summed E-state index contributed by atoms with van der Waals surface area (Å²) in [4.78, 5) is 15.5. The van der Waals surface area contributed by atoms with Crippen molar-refractivity contribution in [1.29, 1.82) is 0 Å². The van der Waals surface area contributed by atoms with Crippen molar-refractivity contribution in [1.82, 2.24) is 19.9 Å². The second kappa shape index (κ2) is 5.42. The first kappa shape index (κ1) is 12.8. The van der Waals surface area contributed by atoms with Crippen molar-refractivity contribution in [3.05, 3.63) is 42.2 Å². The highest BCUT2D eigenvalue weighted by Crippen LogP contribution is 2.19. The molecule has 1 amide bonds. The van der Waals surface area contributed by atoms with Crippen LogP contribution in [0.5, 0.6) is 0 Å². The maximum absolute atomic E-state index is 12.4. The van der Waals surface area contributed by atoms with Gasteiger partial charge in [-0.3, -0.25) is 4.79 Å². The van der Waals surface area contributed by atoms with Gasteiger partial charge in [-0.25, -0.2) is 0 Å². The maximum atomic E-state index is 12.4. The molecule has 1 aliphatic rings. The fraction of sp³-hybridized carbons (Fsp3) is 0.357. The molecule has 0 saturated carbocycles. The van der Waals surface area contributed by atoms with Gasteiger partial charge < -0.3 is 10.0 Å². The van der Waals surface area contributed by atoms with E-state index < -0.39 is 0 Å². The molecule has 2 heterocycles. The number of aliphatic hydroxyl groups excluding tert-OH is 1. The van der Waals surface area contributed by atoms with E-state index in [-0.39, 0.29) is 18.6 Å². The number of carbonyl (C=O) groups is 1. The zero-order valence-electron chi connectivity index (χ0n) is 11.0. The minimum atomic E-state index is -0.163. The largest absolute Gasteiger partial charge is 0.394 e. The summed E-state index contributed by atoms with van der Waals surface area (Å²) >= 11 is 0. The zero-order chi connectivity index (χ0) is 13.9. The van der Waals surface area contributed by atoms with Crippen molar-refractivity contribution in [2.75, 3.05) is 13.2 Å². The number of hydrogen-bond acceptors (Lipinski definition) is 4. The summed E-state index contributed by atoms with van der Waals surface area (Å²) < 4.78 is 0. The van der Waals surface area contributed by atoms with Crippen molar-refractivity contribution in [3.8, 4) is 5.69 Å². The van der Waals surface area contributed by atoms with Gasteiger partial charge in [0.05, 0.1) is 24.5 Å². The summed E-state index contributed by atoms with van der Waals surface area (Å²) in [5, 5.41) is 17.6. The van der Waals surface area contributed by atoms with Gasteiger partial charge in [-0.1, -0.05) is 18.2 Å². The molecule has 20 heavy (non-hydrogen) atoms. The number of likely N-dealkylation sites (tertiary alicyclic amines) is 1. The van der Waals surface area contributed by atoms with Crippen LogP contribution in [0.25, 0.3) is 5.69 Å². The summed E-state index contributed by atoms with van der Waals surface area (Å²) in [6.07, 6.45) is 3.24. The predicted molar refractivity (Wildman–Crippen MR) is 72.5 cm³/mol. The number of aromatic nitrogens is 3. The van der Waals surface area contributed by atoms with Gasteiger partial charge in [0.1, 0.15) is 0 Å². The van der Waals surface area contributed by atoms with E-state index in [9.17, 15) is 9.90 Å². The van der Waals surface area contributed by atoms with Crippen molar-refractivity contribution >= 4 is 5.91 Å². The molecular weight excluding hydrogens is 256 g/mol. The molecule has 0 aliphatic carbocycles. The second-order valence-corrected chi connectivity index (χ2v) is 4.83. The average molecular weight is 272 g/mol. The molecule has 3 rings (SSSR count). The van der Waals surface area contributed by atoms with E-state index in [1.165, 1.54) is 11.0 Å². The molecule has 6 heteroatoms. The van der Waals surface area contributed by atoms with Gasteiger partial charge in [-0.15, -0.1) is 5.10 Å². The normalized spacial score (nSPS) is 18.4. The number of hydrogen-bond donors (Lipinski definition) is 1. The van der Waals surface area contributed by atoms with Crippen LogP contribution in [-0.2, 0) is 0 Å². The van der Waals surface area contributed by atoms with Crippen LogP contribution in [0.15, 0.2) is 36.5 Å². The summed E-state index contributed by atoms with van der Waals surface area (Å²) in [6.45, 7) is 0.667. The van der Waals surface area contributed by atoms with E-state index in [1.807, 2.05) is 30.3 Å². The molecule has 0 bridgehead atoms. The number of carbonyl (C=O) groups excluding carboxylic acids is 1. The predicted octanol–water partition coefficient (Wildman–Crippen LogP) is 0.864. The third kappa shape index (κ3) is 2.30. The third-order valence-electron chi connectivity index (χ3n) is 3.55. The Labute approximate surface area is 116 Å². The van der Waals surface area contributed by atoms with Crippen molar-refractivity contribution in [2.45, 2.75) is 18.9 Å². The molecule has 1 atom stereocenters. The lowest BCUT2D eigenvalue weighted by Crippen LogP contribution is -2.37. The highest BCUT2D eigenvalue weighted by molar-refractivity contribution is 5.92. The Morgan fingerprint density at radius 1 is 1.35 bits per heavy atom. The number of amides is 1. The molecule has 6 nitrogen and oxygen atoms in total. The summed E-state index contributed by atoms with van der Waals surface area (Å²) in [5.74, 6) is -0.163. The fourth-order valence-electron chi connectivity index (χ4n) is 2.49. The molecule has 2 aromatic rings. The molecular formula is C14H16N4O2. The van der Waals surface area contributed by atoms with Gasteiger partial charge >= 0.3 is 0 Å². The molecule has 104 valence electrons. The smallest absolute Gasteiger partial charge is 0.276 e. The van der Waals surface area contributed by atoms with Crippen molar-refractivity contribution in [3.63, 3.8) is 0 Å². The molecule has 0 spiro atoms. The number of rotatable bonds is 3. The van der Waals surface area contributed by atoms with Crippen LogP contribution in [0.4, 0.5) is 0 Å². The first-order valence-electron chi connectivity index (χ1n) is 6.69. The van der Waals surface area contributed by atoms with Gasteiger partial charge in [0.2, 0.25) is 0 Å². The topological polar surface area (TPSA) is 71.2 Å². The van der Waals surface area contributed by atoms with Gasteiger partial charge in [-0.2, -0.15) is 9.90 Å². The van der Waals surface area contributed by atoms with Gasteiger partial charge in [0, 0.05) is 6.54 Å². The van der Waals surface area contributed by atoms with E-state index in [1.54, 1.807) is 4.90 Å². The van der Waals surface area contributed by atoms with Crippen LogP contribution >= 0.6 is 0 Å². The number of benzene rings is 1. The van der Waals surface area contributed by atoms with E-state index >= 15 is 0 Å². The van der Waals surface area contributed by atoms with E-state index in [4.69, 9.17) is 0 Å². The Kier molecular flexibility index (Phi) is 3.47. The molecule has 1 fully saturated rings. The molecule has 0 radical (unpaired) electrons. The van der Waals surface area contributed by atoms with Crippen LogP contribution in [0.3, 0.4) is 0 Å². The Balaban J connectivity index is 1.82. The third-order valence-corrected chi connectivity index (χ3v) is 3.55. The second-order valence-electron chi connectivity index (χ2n) is 4.83. The number of aliphatic hydroxyl groups is 1. The summed E-state index contributed by atoms with van der Waals surface area (Å²) in [5.41, 5.74) is 1.13. The van der Waals surface area contributed by atoms with E-state index in [2.05, 4.69) is 10.2 Å². The summed E-state index contributed by atoms with van der Waals surface area (Å²) in [6, 6.07) is 9.35. The summed E-state index contributed by atoms with van der Waals surface area (Å²) in [7, 11) is 0. The molecule has 1 N–H and O–H groups in total. The highest BCUT2D eigenvalue weighted by atomic mass is 16.3. The quantitative estimate of drug-likeness (QED) is 0.899. The molecule has 1 aliphatic heterocycles. The number of para-hydroxylation sites is 1. The SMILES string of the molecule is O=C(c1cnn(-c2ccccc2)n1)N1CCC[C@H]1CO. The zero-order valence-corrected chi connectivity index (χ0v) is 11.0. The minimum absolute atomic E-state index is 0.00143. The Hall–Kier alpha value is -2.21. The maximum Gasteiger partial charge on any atom is 0.276 e. The molecule has 1 aromatic carbocycles. The average Bonchev–Trinajstić information content (AvgIpc) is 3.16. The molecule has 1 saturated heterocycles. The van der Waals surface area contributed by atoms with Gasteiger partial charge in [0.25, 0.3) is 5.91 Å². The van der Waals surface area contributed by atoms with Crippen LogP contribution in [-0.4, -0.2) is 50.1 Å². The lowest BCUT2D eigenvalue weighted by Gasteiger charge is -2.21. The number of nitrogens with zero attached hydrogens (tertiary/aromatic N) is 4. The molecule has 1 aromatic heterocycles. The first-order chi connectivity index (χ1) is 9.79. The highest BCUT2D eigenvalue weighted by Gasteiger charge is 2.30. The van der Waals surface area contributed by atoms with Gasteiger partial charge in [-0.05, 0) is 25.0 Å². The van der Waals surface area contributed by atoms with Crippen LogP contribution in [0.1, 0.15) is 23.3 Å². The van der Waals surface area contributed by atoms with E-state index in [0.29, 0.717) is 12.2 Å². The first-order valence-corrected chi connectivity index (χ1v) is 6.69. The lowest BCUT2D eigenvalue weighted by molar-refractivity contribution is 0.0671. The van der Waals surface area contributed by atoms with Crippen LogP contribution in [0, 0.1) is 0 Å². The van der Waals surface area contributed by atoms with Gasteiger partial charge in [0.15, 0.2) is 5.69 Å².